The molecular weight excluding hydrogens is 537 g/mol. The Bertz CT molecular complexity index is 1550. The van der Waals surface area contributed by atoms with Crippen LogP contribution < -0.4 is 9.47 Å². The molecule has 1 aromatic heterocycles. The van der Waals surface area contributed by atoms with Crippen LogP contribution in [0.2, 0.25) is 10.0 Å². The molecule has 0 aliphatic heterocycles. The van der Waals surface area contributed by atoms with Crippen LogP contribution >= 0.6 is 23.2 Å². The van der Waals surface area contributed by atoms with Crippen LogP contribution in [-0.4, -0.2) is 36.4 Å². The van der Waals surface area contributed by atoms with Crippen LogP contribution in [0, 0.1) is 0 Å². The van der Waals surface area contributed by atoms with Crippen molar-refractivity contribution in [3.8, 4) is 11.5 Å². The van der Waals surface area contributed by atoms with E-state index in [2.05, 4.69) is 11.6 Å². The molecule has 0 radical (unpaired) electrons. The Kier molecular flexibility index (Phi) is 9.25. The van der Waals surface area contributed by atoms with Gasteiger partial charge in [-0.15, -0.1) is 0 Å². The highest BCUT2D eigenvalue weighted by atomic mass is 35.5. The van der Waals surface area contributed by atoms with Crippen molar-refractivity contribution in [1.82, 2.24) is 4.98 Å². The van der Waals surface area contributed by atoms with Crippen molar-refractivity contribution in [2.45, 2.75) is 13.0 Å². The molecule has 0 saturated carbocycles. The Labute approximate surface area is 237 Å². The molecule has 0 unspecified atom stereocenters. The van der Waals surface area contributed by atoms with Crippen molar-refractivity contribution in [1.29, 1.82) is 0 Å². The maximum atomic E-state index is 11.8. The van der Waals surface area contributed by atoms with Gasteiger partial charge in [0.05, 0.1) is 35.0 Å². The normalized spacial score (nSPS) is 12.0. The molecule has 0 amide bonds. The Morgan fingerprint density at radius 1 is 1.05 bits per heavy atom. The summed E-state index contributed by atoms with van der Waals surface area (Å²) in [5.74, 6) is -0.447. The summed E-state index contributed by atoms with van der Waals surface area (Å²) in [5, 5.41) is 11.5. The Hall–Kier alpha value is -3.84. The largest absolute Gasteiger partial charge is 0.497 e. The van der Waals surface area contributed by atoms with Crippen molar-refractivity contribution in [3.63, 3.8) is 0 Å². The van der Waals surface area contributed by atoms with Crippen LogP contribution in [0.15, 0.2) is 78.9 Å². The maximum Gasteiger partial charge on any atom is 0.339 e. The van der Waals surface area contributed by atoms with Gasteiger partial charge in [0, 0.05) is 5.39 Å². The maximum absolute atomic E-state index is 11.8. The van der Waals surface area contributed by atoms with Crippen molar-refractivity contribution >= 4 is 52.2 Å². The average molecular weight is 564 g/mol. The number of ether oxygens (including phenoxy) is 3. The molecule has 1 N–H and O–H groups in total. The van der Waals surface area contributed by atoms with E-state index in [-0.39, 0.29) is 17.9 Å². The minimum Gasteiger partial charge on any atom is -0.497 e. The van der Waals surface area contributed by atoms with E-state index >= 15 is 0 Å². The quantitative estimate of drug-likeness (QED) is 0.185. The molecule has 0 spiro atoms. The topological polar surface area (TPSA) is 77.9 Å². The van der Waals surface area contributed by atoms with E-state index in [0.29, 0.717) is 22.4 Å². The lowest BCUT2D eigenvalue weighted by Gasteiger charge is -2.20. The van der Waals surface area contributed by atoms with Gasteiger partial charge >= 0.3 is 5.97 Å². The third kappa shape index (κ3) is 7.39. The molecular formula is C31H27Cl2NO5. The first kappa shape index (κ1) is 28.2. The number of aromatic carboxylic acids is 1. The molecule has 6 nitrogen and oxygen atoms in total. The zero-order chi connectivity index (χ0) is 27.9. The van der Waals surface area contributed by atoms with E-state index in [1.807, 2.05) is 55.5 Å². The van der Waals surface area contributed by atoms with Crippen LogP contribution in [0.1, 0.15) is 40.2 Å². The van der Waals surface area contributed by atoms with Gasteiger partial charge in [-0.1, -0.05) is 65.7 Å². The summed E-state index contributed by atoms with van der Waals surface area (Å²) in [6.45, 7) is 6.22. The molecule has 1 heterocycles. The highest BCUT2D eigenvalue weighted by molar-refractivity contribution is 6.42. The van der Waals surface area contributed by atoms with E-state index in [1.54, 1.807) is 24.3 Å². The second-order valence-corrected chi connectivity index (χ2v) is 9.75. The van der Waals surface area contributed by atoms with Crippen LogP contribution in [0.3, 0.4) is 0 Å². The predicted molar refractivity (Wildman–Crippen MR) is 156 cm³/mol. The average Bonchev–Trinajstić information content (AvgIpc) is 2.92. The van der Waals surface area contributed by atoms with E-state index in [9.17, 15) is 9.90 Å². The van der Waals surface area contributed by atoms with Gasteiger partial charge < -0.3 is 19.3 Å². The fourth-order valence-corrected chi connectivity index (χ4v) is 4.18. The highest BCUT2D eigenvalue weighted by Crippen LogP contribution is 2.29. The van der Waals surface area contributed by atoms with Gasteiger partial charge in [0.15, 0.2) is 0 Å². The smallest absolute Gasteiger partial charge is 0.339 e. The third-order valence-electron chi connectivity index (χ3n) is 5.82. The fourth-order valence-electron chi connectivity index (χ4n) is 3.85. The van der Waals surface area contributed by atoms with Gasteiger partial charge in [-0.25, -0.2) is 9.78 Å². The van der Waals surface area contributed by atoms with E-state index < -0.39 is 12.1 Å². The number of aromatic nitrogens is 1. The van der Waals surface area contributed by atoms with E-state index in [4.69, 9.17) is 37.4 Å². The molecule has 0 saturated heterocycles. The third-order valence-corrected chi connectivity index (χ3v) is 6.54. The van der Waals surface area contributed by atoms with Gasteiger partial charge in [0.2, 0.25) is 0 Å². The lowest BCUT2D eigenvalue weighted by Crippen LogP contribution is -2.16. The molecule has 0 fully saturated rings. The summed E-state index contributed by atoms with van der Waals surface area (Å²) in [6, 6.07) is 19.9. The summed E-state index contributed by atoms with van der Waals surface area (Å²) >= 11 is 12.3. The van der Waals surface area contributed by atoms with Gasteiger partial charge in [-0.2, -0.15) is 0 Å². The van der Waals surface area contributed by atoms with Gasteiger partial charge in [0.25, 0.3) is 0 Å². The monoisotopic (exact) mass is 563 g/mol. The zero-order valence-corrected chi connectivity index (χ0v) is 23.0. The number of carboxylic acids is 1. The second-order valence-electron chi connectivity index (χ2n) is 8.93. The number of nitrogens with zero attached hydrogens (tertiary/aromatic N) is 1. The molecule has 0 bridgehead atoms. The second kappa shape index (κ2) is 12.8. The summed E-state index contributed by atoms with van der Waals surface area (Å²) < 4.78 is 17.2. The van der Waals surface area contributed by atoms with Gasteiger partial charge in [0.1, 0.15) is 29.8 Å². The summed E-state index contributed by atoms with van der Waals surface area (Å²) in [7, 11) is 1.48. The highest BCUT2D eigenvalue weighted by Gasteiger charge is 2.18. The fraction of sp³-hybridized carbons (Fsp3) is 0.161. The first-order valence-corrected chi connectivity index (χ1v) is 12.8. The summed E-state index contributed by atoms with van der Waals surface area (Å²) in [6.07, 6.45) is 3.40. The standard InChI is InChI=1S/C31H27Cl2NO5/c1-19(2)17-38-30(18-39-29-12-11-24(37-3)15-25(29)31(35)36)22-6-4-5-20(13-22)7-9-23-10-8-21-14-26(32)27(33)16-28(21)34-23/h4-16,30H,1,17-18H2,2-3H3,(H,35,36)/b9-7+/t30-/m1/s1. The number of rotatable bonds is 11. The minimum atomic E-state index is -1.11. The number of methoxy groups -OCH3 is 1. The molecule has 200 valence electrons. The Morgan fingerprint density at radius 3 is 2.59 bits per heavy atom. The first-order valence-electron chi connectivity index (χ1n) is 12.1. The molecule has 0 aliphatic rings. The molecule has 1 atom stereocenters. The van der Waals surface area contributed by atoms with Crippen molar-refractivity contribution in [2.75, 3.05) is 20.3 Å². The number of hydrogen-bond donors (Lipinski definition) is 1. The lowest BCUT2D eigenvalue weighted by molar-refractivity contribution is 0.0314. The number of fused-ring (bicyclic) bond motifs is 1. The summed E-state index contributed by atoms with van der Waals surface area (Å²) in [4.78, 5) is 16.4. The van der Waals surface area contributed by atoms with Crippen molar-refractivity contribution in [3.05, 3.63) is 111 Å². The van der Waals surface area contributed by atoms with Crippen molar-refractivity contribution in [2.24, 2.45) is 0 Å². The predicted octanol–water partition coefficient (Wildman–Crippen LogP) is 8.13. The van der Waals surface area contributed by atoms with Crippen LogP contribution in [0.4, 0.5) is 0 Å². The number of pyridine rings is 1. The Morgan fingerprint density at radius 2 is 1.85 bits per heavy atom. The number of hydrogen-bond acceptors (Lipinski definition) is 5. The molecule has 39 heavy (non-hydrogen) atoms. The number of carbonyl (C=O) groups is 1. The SMILES string of the molecule is C=C(C)CO[C@H](COc1ccc(OC)cc1C(=O)O)c1cccc(/C=C/c2ccc3cc(Cl)c(Cl)cc3n2)c1. The number of carboxylic acid groups (broad SMARTS) is 1. The first-order chi connectivity index (χ1) is 18.7. The van der Waals surface area contributed by atoms with Gasteiger partial charge in [-0.05, 0) is 66.6 Å². The van der Waals surface area contributed by atoms with Crippen molar-refractivity contribution < 1.29 is 24.1 Å². The van der Waals surface area contributed by atoms with E-state index in [0.717, 1.165) is 33.3 Å². The van der Waals surface area contributed by atoms with Crippen LogP contribution in [0.25, 0.3) is 23.1 Å². The molecule has 4 rings (SSSR count). The number of benzene rings is 3. The minimum absolute atomic E-state index is 0.0103. The molecule has 8 heteroatoms. The zero-order valence-electron chi connectivity index (χ0n) is 21.5. The Balaban J connectivity index is 1.56. The van der Waals surface area contributed by atoms with Crippen LogP contribution in [0.5, 0.6) is 11.5 Å². The van der Waals surface area contributed by atoms with Crippen LogP contribution in [-0.2, 0) is 4.74 Å². The van der Waals surface area contributed by atoms with E-state index in [1.165, 1.54) is 13.2 Å². The number of halogens is 2. The molecule has 0 aliphatic carbocycles. The molecule has 4 aromatic rings. The lowest BCUT2D eigenvalue weighted by atomic mass is 10.1. The molecule has 3 aromatic carbocycles. The summed E-state index contributed by atoms with van der Waals surface area (Å²) in [5.41, 5.74) is 4.20. The van der Waals surface area contributed by atoms with Gasteiger partial charge in [-0.3, -0.25) is 0 Å².